The van der Waals surface area contributed by atoms with E-state index in [-0.39, 0.29) is 18.6 Å². The molecule has 0 saturated carbocycles. The maximum absolute atomic E-state index is 11.8. The van der Waals surface area contributed by atoms with Crippen molar-refractivity contribution in [3.05, 3.63) is 37.6 Å². The molecule has 110 valence electrons. The molecule has 9 heteroatoms. The third-order valence-electron chi connectivity index (χ3n) is 3.02. The molecule has 3 atom stereocenters. The van der Waals surface area contributed by atoms with E-state index in [0.29, 0.717) is 4.48 Å². The summed E-state index contributed by atoms with van der Waals surface area (Å²) in [4.78, 5) is 27.2. The Hall–Kier alpha value is -0.740. The first-order valence-electron chi connectivity index (χ1n) is 5.74. The fraction of sp³-hybridized carbons (Fsp3) is 0.455. The van der Waals surface area contributed by atoms with Gasteiger partial charge >= 0.3 is 5.69 Å². The molecule has 0 amide bonds. The summed E-state index contributed by atoms with van der Waals surface area (Å²) in [5.41, 5.74) is -0.928. The molecule has 2 heterocycles. The van der Waals surface area contributed by atoms with Crippen LogP contribution < -0.4 is 11.2 Å². The number of nitrogens with one attached hydrogen (secondary N) is 1. The van der Waals surface area contributed by atoms with Crippen molar-refractivity contribution in [1.82, 2.24) is 9.55 Å². The number of rotatable bonds is 3. The van der Waals surface area contributed by atoms with Gasteiger partial charge in [0.2, 0.25) is 0 Å². The number of aliphatic hydroxyl groups is 2. The van der Waals surface area contributed by atoms with Crippen molar-refractivity contribution >= 4 is 36.3 Å². The molecule has 0 aromatic carbocycles. The third-order valence-corrected chi connectivity index (χ3v) is 4.74. The molecule has 7 nitrogen and oxygen atoms in total. The van der Waals surface area contributed by atoms with Crippen LogP contribution in [-0.4, -0.2) is 38.6 Å². The van der Waals surface area contributed by atoms with Gasteiger partial charge in [-0.2, -0.15) is 0 Å². The minimum Gasteiger partial charge on any atom is -0.394 e. The van der Waals surface area contributed by atoms with Gasteiger partial charge < -0.3 is 14.9 Å². The molecule has 1 aliphatic rings. The van der Waals surface area contributed by atoms with E-state index in [9.17, 15) is 14.7 Å². The molecular weight excluding hydrogens is 400 g/mol. The normalized spacial score (nSPS) is 27.0. The lowest BCUT2D eigenvalue weighted by Gasteiger charge is -2.15. The molecule has 3 N–H and O–H groups in total. The summed E-state index contributed by atoms with van der Waals surface area (Å²) in [7, 11) is 0. The van der Waals surface area contributed by atoms with Gasteiger partial charge in [0, 0.05) is 17.1 Å². The fourth-order valence-corrected chi connectivity index (χ4v) is 2.51. The van der Waals surface area contributed by atoms with Gasteiger partial charge in [0.25, 0.3) is 5.56 Å². The van der Waals surface area contributed by atoms with E-state index in [1.807, 2.05) is 0 Å². The standard InChI is InChI=1S/C11H12Br2N2O5/c12-2-6(13)5-3-15(11(19)14-10(5)18)9-1-7(17)8(4-16)20-9/h2-3,7-9,16-17H,1,4H2,(H,14,18,19)/b6-2+/t7-,8+,9+/m0/s1. The van der Waals surface area contributed by atoms with Gasteiger partial charge in [0.15, 0.2) is 0 Å². The van der Waals surface area contributed by atoms with Gasteiger partial charge in [0.1, 0.15) is 12.3 Å². The second-order valence-electron chi connectivity index (χ2n) is 4.28. The number of aromatic nitrogens is 2. The van der Waals surface area contributed by atoms with Gasteiger partial charge in [-0.05, 0) is 20.9 Å². The lowest BCUT2D eigenvalue weighted by molar-refractivity contribution is -0.0459. The highest BCUT2D eigenvalue weighted by Crippen LogP contribution is 2.28. The first-order valence-corrected chi connectivity index (χ1v) is 7.45. The Kier molecular flexibility index (Phi) is 4.97. The summed E-state index contributed by atoms with van der Waals surface area (Å²) >= 11 is 6.28. The maximum Gasteiger partial charge on any atom is 0.330 e. The molecule has 0 aliphatic carbocycles. The van der Waals surface area contributed by atoms with Crippen molar-refractivity contribution < 1.29 is 14.9 Å². The monoisotopic (exact) mass is 410 g/mol. The summed E-state index contributed by atoms with van der Waals surface area (Å²) in [6.07, 6.45) is -0.826. The topological polar surface area (TPSA) is 105 Å². The molecule has 1 fully saturated rings. The molecule has 0 unspecified atom stereocenters. The van der Waals surface area contributed by atoms with Crippen molar-refractivity contribution in [3.63, 3.8) is 0 Å². The number of H-pyrrole nitrogens is 1. The number of halogens is 2. The van der Waals surface area contributed by atoms with Crippen molar-refractivity contribution in [2.24, 2.45) is 0 Å². The Morgan fingerprint density at radius 2 is 2.30 bits per heavy atom. The second-order valence-corrected chi connectivity index (χ2v) is 5.59. The Labute approximate surface area is 130 Å². The Morgan fingerprint density at radius 1 is 1.60 bits per heavy atom. The molecule has 1 aromatic heterocycles. The fourth-order valence-electron chi connectivity index (χ4n) is 1.98. The Morgan fingerprint density at radius 3 is 2.85 bits per heavy atom. The largest absolute Gasteiger partial charge is 0.394 e. The first kappa shape index (κ1) is 15.6. The van der Waals surface area contributed by atoms with Gasteiger partial charge in [0.05, 0.1) is 18.3 Å². The van der Waals surface area contributed by atoms with Gasteiger partial charge in [-0.1, -0.05) is 15.9 Å². The predicted octanol–water partition coefficient (Wildman–Crippen LogP) is 0.266. The number of hydrogen-bond donors (Lipinski definition) is 3. The lowest BCUT2D eigenvalue weighted by atomic mass is 10.2. The quantitative estimate of drug-likeness (QED) is 0.662. The van der Waals surface area contributed by atoms with E-state index in [1.54, 1.807) is 0 Å². The molecule has 0 bridgehead atoms. The van der Waals surface area contributed by atoms with Gasteiger partial charge in [-0.25, -0.2) is 4.79 Å². The maximum atomic E-state index is 11.8. The molecule has 0 radical (unpaired) electrons. The lowest BCUT2D eigenvalue weighted by Crippen LogP contribution is -2.33. The van der Waals surface area contributed by atoms with E-state index in [2.05, 4.69) is 36.8 Å². The van der Waals surface area contributed by atoms with Crippen LogP contribution in [0.25, 0.3) is 4.48 Å². The average Bonchev–Trinajstić information content (AvgIpc) is 2.79. The van der Waals surface area contributed by atoms with Crippen LogP contribution in [0.2, 0.25) is 0 Å². The Balaban J connectivity index is 2.43. The van der Waals surface area contributed by atoms with E-state index in [0.717, 1.165) is 0 Å². The van der Waals surface area contributed by atoms with Crippen LogP contribution in [0, 0.1) is 0 Å². The van der Waals surface area contributed by atoms with Gasteiger partial charge in [-0.15, -0.1) is 0 Å². The zero-order valence-electron chi connectivity index (χ0n) is 10.1. The highest BCUT2D eigenvalue weighted by atomic mass is 79.9. The number of nitrogens with zero attached hydrogens (tertiary/aromatic N) is 1. The smallest absolute Gasteiger partial charge is 0.330 e. The molecular formula is C11H12Br2N2O5. The van der Waals surface area contributed by atoms with E-state index < -0.39 is 29.7 Å². The summed E-state index contributed by atoms with van der Waals surface area (Å²) < 4.78 is 7.04. The Bertz CT molecular complexity index is 638. The van der Waals surface area contributed by atoms with Crippen molar-refractivity contribution in [1.29, 1.82) is 0 Å². The summed E-state index contributed by atoms with van der Waals surface area (Å²) in [5, 5.41) is 18.7. The average molecular weight is 412 g/mol. The van der Waals surface area contributed by atoms with E-state index in [4.69, 9.17) is 9.84 Å². The van der Waals surface area contributed by atoms with Crippen LogP contribution >= 0.6 is 31.9 Å². The summed E-state index contributed by atoms with van der Waals surface area (Å²) in [5.74, 6) is 0. The van der Waals surface area contributed by atoms with Crippen LogP contribution in [0.15, 0.2) is 20.8 Å². The number of aromatic amines is 1. The molecule has 20 heavy (non-hydrogen) atoms. The highest BCUT2D eigenvalue weighted by Gasteiger charge is 2.35. The first-order chi connectivity index (χ1) is 9.47. The number of ether oxygens (including phenoxy) is 1. The molecule has 1 saturated heterocycles. The van der Waals surface area contributed by atoms with Crippen LogP contribution in [0.4, 0.5) is 0 Å². The summed E-state index contributed by atoms with van der Waals surface area (Å²) in [6.45, 7) is -0.340. The minimum atomic E-state index is -0.859. The third kappa shape index (κ3) is 2.96. The summed E-state index contributed by atoms with van der Waals surface area (Å²) in [6, 6.07) is 0. The highest BCUT2D eigenvalue weighted by molar-refractivity contribution is 9.16. The molecule has 2 rings (SSSR count). The van der Waals surface area contributed by atoms with Crippen molar-refractivity contribution in [2.45, 2.75) is 24.9 Å². The number of hydrogen-bond acceptors (Lipinski definition) is 5. The van der Waals surface area contributed by atoms with Crippen molar-refractivity contribution in [3.8, 4) is 0 Å². The second kappa shape index (κ2) is 6.35. The van der Waals surface area contributed by atoms with Gasteiger partial charge in [-0.3, -0.25) is 14.3 Å². The molecule has 1 aromatic rings. The predicted molar refractivity (Wildman–Crippen MR) is 78.8 cm³/mol. The minimum absolute atomic E-state index is 0.159. The zero-order valence-corrected chi connectivity index (χ0v) is 13.3. The van der Waals surface area contributed by atoms with Crippen LogP contribution in [0.1, 0.15) is 18.2 Å². The van der Waals surface area contributed by atoms with Crippen LogP contribution in [0.5, 0.6) is 0 Å². The number of aliphatic hydroxyl groups excluding tert-OH is 2. The SMILES string of the molecule is O=c1[nH]c(=O)n([C@H]2C[C@H](O)[C@@H](CO)O2)cc1/C(Br)=C\Br. The van der Waals surface area contributed by atoms with Crippen molar-refractivity contribution in [2.75, 3.05) is 6.61 Å². The van der Waals surface area contributed by atoms with E-state index >= 15 is 0 Å². The van der Waals surface area contributed by atoms with Crippen LogP contribution in [0.3, 0.4) is 0 Å². The zero-order chi connectivity index (χ0) is 14.9. The van der Waals surface area contributed by atoms with Crippen LogP contribution in [-0.2, 0) is 4.74 Å². The molecule has 0 spiro atoms. The molecule has 1 aliphatic heterocycles. The van der Waals surface area contributed by atoms with E-state index in [1.165, 1.54) is 15.7 Å².